The number of hydrogen-bond donors (Lipinski definition) is 0. The summed E-state index contributed by atoms with van der Waals surface area (Å²) in [7, 11) is 0. The van der Waals surface area contributed by atoms with Gasteiger partial charge in [-0.25, -0.2) is 0 Å². The summed E-state index contributed by atoms with van der Waals surface area (Å²) in [6.45, 7) is 15.8. The molecule has 0 bridgehead atoms. The maximum absolute atomic E-state index is 9.40. The number of anilines is 2. The molecule has 0 unspecified atom stereocenters. The Labute approximate surface area is 180 Å². The van der Waals surface area contributed by atoms with Gasteiger partial charge in [0.1, 0.15) is 0 Å². The third-order valence-electron chi connectivity index (χ3n) is 6.39. The molecular weight excluding hydrogens is 364 g/mol. The highest BCUT2D eigenvalue weighted by Crippen LogP contribution is 2.51. The second-order valence-electron chi connectivity index (χ2n) is 9.97. The molecule has 0 aromatic heterocycles. The first-order valence-corrected chi connectivity index (χ1v) is 10.6. The summed E-state index contributed by atoms with van der Waals surface area (Å²) in [4.78, 5) is 2.47. The van der Waals surface area contributed by atoms with E-state index < -0.39 is 0 Å². The van der Waals surface area contributed by atoms with Crippen LogP contribution >= 0.6 is 0 Å². The molecule has 0 aliphatic heterocycles. The van der Waals surface area contributed by atoms with Gasteiger partial charge in [0.25, 0.3) is 0 Å². The maximum Gasteiger partial charge on any atom is 0.0991 e. The van der Waals surface area contributed by atoms with E-state index in [1.165, 1.54) is 44.8 Å². The summed E-state index contributed by atoms with van der Waals surface area (Å²) in [5.74, 6) is 0. The van der Waals surface area contributed by atoms with Gasteiger partial charge >= 0.3 is 0 Å². The SMILES string of the molecule is Cc1ccccc1N(c1cc2c(cc1C)-c1cc(C#N)ccc1C2(C)C)C(C)(C)C. The molecule has 0 fully saturated rings. The van der Waals surface area contributed by atoms with Crippen LogP contribution in [0.1, 0.15) is 62.4 Å². The van der Waals surface area contributed by atoms with E-state index in [-0.39, 0.29) is 11.0 Å². The number of fused-ring (bicyclic) bond motifs is 3. The van der Waals surface area contributed by atoms with E-state index in [1.54, 1.807) is 0 Å². The van der Waals surface area contributed by atoms with Crippen LogP contribution < -0.4 is 4.90 Å². The Morgan fingerprint density at radius 3 is 2.10 bits per heavy atom. The first kappa shape index (κ1) is 20.2. The van der Waals surface area contributed by atoms with E-state index >= 15 is 0 Å². The molecule has 0 radical (unpaired) electrons. The third-order valence-corrected chi connectivity index (χ3v) is 6.39. The molecule has 0 heterocycles. The Balaban J connectivity index is 1.98. The minimum absolute atomic E-state index is 0.0747. The van der Waals surface area contributed by atoms with Crippen molar-refractivity contribution >= 4 is 11.4 Å². The summed E-state index contributed by atoms with van der Waals surface area (Å²) in [6.07, 6.45) is 0. The lowest BCUT2D eigenvalue weighted by Crippen LogP contribution is -2.38. The highest BCUT2D eigenvalue weighted by molar-refractivity contribution is 5.85. The molecule has 4 rings (SSSR count). The molecule has 0 spiro atoms. The number of para-hydroxylation sites is 1. The number of benzene rings is 3. The van der Waals surface area contributed by atoms with Gasteiger partial charge in [0.15, 0.2) is 0 Å². The molecule has 2 heteroatoms. The van der Waals surface area contributed by atoms with Crippen LogP contribution in [0.15, 0.2) is 54.6 Å². The summed E-state index contributed by atoms with van der Waals surface area (Å²) < 4.78 is 0. The van der Waals surface area contributed by atoms with Crippen LogP contribution in [0.25, 0.3) is 11.1 Å². The first-order valence-electron chi connectivity index (χ1n) is 10.6. The zero-order valence-electron chi connectivity index (χ0n) is 19.1. The lowest BCUT2D eigenvalue weighted by molar-refractivity contribution is 0.557. The number of nitriles is 1. The van der Waals surface area contributed by atoms with E-state index in [4.69, 9.17) is 0 Å². The highest BCUT2D eigenvalue weighted by atomic mass is 15.2. The van der Waals surface area contributed by atoms with Crippen molar-refractivity contribution in [1.29, 1.82) is 5.26 Å². The Bertz CT molecular complexity index is 1190. The van der Waals surface area contributed by atoms with Gasteiger partial charge in [-0.1, -0.05) is 38.1 Å². The average Bonchev–Trinajstić information content (AvgIpc) is 2.89. The predicted molar refractivity (Wildman–Crippen MR) is 127 cm³/mol. The molecule has 0 amide bonds. The van der Waals surface area contributed by atoms with Crippen LogP contribution in [0.5, 0.6) is 0 Å². The van der Waals surface area contributed by atoms with Gasteiger partial charge in [-0.05, 0) is 98.3 Å². The van der Waals surface area contributed by atoms with Gasteiger partial charge < -0.3 is 4.90 Å². The van der Waals surface area contributed by atoms with Crippen molar-refractivity contribution in [2.24, 2.45) is 0 Å². The van der Waals surface area contributed by atoms with Crippen molar-refractivity contribution in [3.63, 3.8) is 0 Å². The topological polar surface area (TPSA) is 27.0 Å². The molecule has 2 nitrogen and oxygen atoms in total. The Hall–Kier alpha value is -3.05. The molecule has 3 aromatic rings. The number of rotatable bonds is 2. The maximum atomic E-state index is 9.40. The van der Waals surface area contributed by atoms with Crippen molar-refractivity contribution in [3.8, 4) is 17.2 Å². The predicted octanol–water partition coefficient (Wildman–Crippen LogP) is 7.42. The molecule has 1 aliphatic rings. The zero-order chi connectivity index (χ0) is 21.8. The van der Waals surface area contributed by atoms with Crippen LogP contribution in [0, 0.1) is 25.2 Å². The van der Waals surface area contributed by atoms with Crippen molar-refractivity contribution in [3.05, 3.63) is 82.4 Å². The van der Waals surface area contributed by atoms with Crippen molar-refractivity contribution in [2.75, 3.05) is 4.90 Å². The smallest absolute Gasteiger partial charge is 0.0991 e. The third kappa shape index (κ3) is 3.01. The Morgan fingerprint density at radius 2 is 1.47 bits per heavy atom. The first-order chi connectivity index (χ1) is 14.1. The molecule has 1 aliphatic carbocycles. The second kappa shape index (κ2) is 6.74. The lowest BCUT2D eigenvalue weighted by Gasteiger charge is -2.40. The summed E-state index contributed by atoms with van der Waals surface area (Å²) in [5.41, 5.74) is 10.6. The second-order valence-corrected chi connectivity index (χ2v) is 9.97. The highest BCUT2D eigenvalue weighted by Gasteiger charge is 2.37. The van der Waals surface area contributed by atoms with E-state index in [0.717, 1.165) is 5.56 Å². The largest absolute Gasteiger partial charge is 0.336 e. The van der Waals surface area contributed by atoms with Crippen LogP contribution in [-0.4, -0.2) is 5.54 Å². The molecule has 152 valence electrons. The summed E-state index contributed by atoms with van der Waals surface area (Å²) >= 11 is 0. The standard InChI is InChI=1S/C28H30N2/c1-18-10-8-9-11-25(18)30(27(3,4)5)26-16-24-21(14-19(26)2)22-15-20(17-29)12-13-23(22)28(24,6)7/h8-16H,1-7H3. The fourth-order valence-electron chi connectivity index (χ4n) is 4.87. The number of nitrogens with zero attached hydrogens (tertiary/aromatic N) is 2. The van der Waals surface area contributed by atoms with Gasteiger partial charge in [0.05, 0.1) is 11.6 Å². The fourth-order valence-corrected chi connectivity index (χ4v) is 4.87. The quantitative estimate of drug-likeness (QED) is 0.452. The van der Waals surface area contributed by atoms with Gasteiger partial charge in [0.2, 0.25) is 0 Å². The van der Waals surface area contributed by atoms with Gasteiger partial charge in [-0.15, -0.1) is 0 Å². The van der Waals surface area contributed by atoms with Crippen LogP contribution in [-0.2, 0) is 5.41 Å². The molecule has 0 saturated heterocycles. The van der Waals surface area contributed by atoms with Gasteiger partial charge in [0, 0.05) is 22.3 Å². The van der Waals surface area contributed by atoms with Crippen molar-refractivity contribution < 1.29 is 0 Å². The molecule has 0 atom stereocenters. The zero-order valence-corrected chi connectivity index (χ0v) is 19.1. The minimum Gasteiger partial charge on any atom is -0.336 e. The van der Waals surface area contributed by atoms with Crippen molar-refractivity contribution in [2.45, 2.75) is 59.4 Å². The minimum atomic E-state index is -0.101. The molecule has 30 heavy (non-hydrogen) atoms. The normalized spacial score (nSPS) is 14.1. The molecule has 3 aromatic carbocycles. The summed E-state index contributed by atoms with van der Waals surface area (Å²) in [6, 6.07) is 21.7. The summed E-state index contributed by atoms with van der Waals surface area (Å²) in [5, 5.41) is 9.40. The van der Waals surface area contributed by atoms with Crippen molar-refractivity contribution in [1.82, 2.24) is 0 Å². The van der Waals surface area contributed by atoms with Crippen LogP contribution in [0.2, 0.25) is 0 Å². The van der Waals surface area contributed by atoms with Gasteiger partial charge in [-0.2, -0.15) is 5.26 Å². The van der Waals surface area contributed by atoms with E-state index in [2.05, 4.69) is 102 Å². The van der Waals surface area contributed by atoms with E-state index in [9.17, 15) is 5.26 Å². The molecule has 0 saturated carbocycles. The van der Waals surface area contributed by atoms with Crippen LogP contribution in [0.4, 0.5) is 11.4 Å². The van der Waals surface area contributed by atoms with E-state index in [0.29, 0.717) is 0 Å². The van der Waals surface area contributed by atoms with Crippen LogP contribution in [0.3, 0.4) is 0 Å². The van der Waals surface area contributed by atoms with E-state index in [1.807, 2.05) is 12.1 Å². The average molecular weight is 395 g/mol. The Morgan fingerprint density at radius 1 is 0.800 bits per heavy atom. The lowest BCUT2D eigenvalue weighted by atomic mass is 9.81. The monoisotopic (exact) mass is 394 g/mol. The Kier molecular flexibility index (Phi) is 4.55. The molecule has 0 N–H and O–H groups in total. The fraction of sp³-hybridized carbons (Fsp3) is 0.321. The number of aryl methyl sites for hydroxylation is 2. The molecular formula is C28H30N2. The number of hydrogen-bond acceptors (Lipinski definition) is 2. The van der Waals surface area contributed by atoms with Gasteiger partial charge in [-0.3, -0.25) is 0 Å².